The summed E-state index contributed by atoms with van der Waals surface area (Å²) < 4.78 is 5.01. The van der Waals surface area contributed by atoms with Crippen molar-refractivity contribution in [3.63, 3.8) is 0 Å². The zero-order valence-corrected chi connectivity index (χ0v) is 15.5. The lowest BCUT2D eigenvalue weighted by molar-refractivity contribution is -0.125. The van der Waals surface area contributed by atoms with Crippen LogP contribution >= 0.6 is 11.6 Å². The highest BCUT2D eigenvalue weighted by Gasteiger charge is 2.36. The topological polar surface area (TPSA) is 53.6 Å². The number of carbonyl (C=O) groups excluding carboxylic acids is 1. The van der Waals surface area contributed by atoms with Crippen LogP contribution in [0.1, 0.15) is 25.8 Å². The molecule has 134 valence electrons. The van der Waals surface area contributed by atoms with Crippen molar-refractivity contribution < 1.29 is 9.53 Å². The van der Waals surface area contributed by atoms with Crippen LogP contribution in [-0.4, -0.2) is 55.7 Å². The van der Waals surface area contributed by atoms with Gasteiger partial charge in [0.25, 0.3) is 0 Å². The summed E-state index contributed by atoms with van der Waals surface area (Å²) in [4.78, 5) is 14.8. The van der Waals surface area contributed by atoms with Crippen LogP contribution in [0.4, 0.5) is 0 Å². The number of benzene rings is 1. The Morgan fingerprint density at radius 1 is 1.46 bits per heavy atom. The Balaban J connectivity index is 2.03. The van der Waals surface area contributed by atoms with Crippen LogP contribution in [0.25, 0.3) is 0 Å². The fourth-order valence-electron chi connectivity index (χ4n) is 3.21. The second-order valence-corrected chi connectivity index (χ2v) is 7.05. The Labute approximate surface area is 149 Å². The standard InChI is InChI=1S/C18H28ClN3O2/c1-13(2)21-16-10-17(18(23)20-7-8-24-3)22(12-16)11-14-5-4-6-15(19)9-14/h4-6,9,13,16-17,21H,7-8,10-12H2,1-3H3,(H,20,23)/t16-,17-/m0/s1. The minimum Gasteiger partial charge on any atom is -0.383 e. The average Bonchev–Trinajstić information content (AvgIpc) is 2.89. The van der Waals surface area contributed by atoms with Gasteiger partial charge in [0, 0.05) is 43.9 Å². The van der Waals surface area contributed by atoms with Gasteiger partial charge in [-0.05, 0) is 24.1 Å². The molecule has 1 amide bonds. The number of ether oxygens (including phenoxy) is 1. The zero-order chi connectivity index (χ0) is 17.5. The lowest BCUT2D eigenvalue weighted by Crippen LogP contribution is -2.43. The van der Waals surface area contributed by atoms with E-state index in [1.165, 1.54) is 0 Å². The molecule has 1 aromatic rings. The van der Waals surface area contributed by atoms with Crippen LogP contribution in [0, 0.1) is 0 Å². The molecule has 0 bridgehead atoms. The van der Waals surface area contributed by atoms with E-state index in [4.69, 9.17) is 16.3 Å². The molecule has 24 heavy (non-hydrogen) atoms. The second kappa shape index (κ2) is 9.37. The fourth-order valence-corrected chi connectivity index (χ4v) is 3.42. The second-order valence-electron chi connectivity index (χ2n) is 6.61. The van der Waals surface area contributed by atoms with Crippen molar-refractivity contribution in [3.8, 4) is 0 Å². The van der Waals surface area contributed by atoms with Gasteiger partial charge in [0.1, 0.15) is 0 Å². The highest BCUT2D eigenvalue weighted by molar-refractivity contribution is 6.30. The van der Waals surface area contributed by atoms with Crippen molar-refractivity contribution in [3.05, 3.63) is 34.9 Å². The number of hydrogen-bond acceptors (Lipinski definition) is 4. The van der Waals surface area contributed by atoms with Gasteiger partial charge in [-0.25, -0.2) is 0 Å². The maximum atomic E-state index is 12.6. The summed E-state index contributed by atoms with van der Waals surface area (Å²) >= 11 is 6.09. The summed E-state index contributed by atoms with van der Waals surface area (Å²) in [7, 11) is 1.63. The molecule has 2 rings (SSSR count). The van der Waals surface area contributed by atoms with Crippen molar-refractivity contribution in [2.45, 2.75) is 44.9 Å². The van der Waals surface area contributed by atoms with E-state index in [-0.39, 0.29) is 11.9 Å². The summed E-state index contributed by atoms with van der Waals surface area (Å²) in [6.45, 7) is 6.91. The van der Waals surface area contributed by atoms with E-state index in [0.717, 1.165) is 30.1 Å². The lowest BCUT2D eigenvalue weighted by Gasteiger charge is -2.23. The first-order chi connectivity index (χ1) is 11.5. The van der Waals surface area contributed by atoms with Crippen LogP contribution in [0.3, 0.4) is 0 Å². The van der Waals surface area contributed by atoms with E-state index in [2.05, 4.69) is 35.4 Å². The number of nitrogens with zero attached hydrogens (tertiary/aromatic N) is 1. The Hall–Kier alpha value is -1.14. The molecule has 0 saturated carbocycles. The number of carbonyl (C=O) groups is 1. The summed E-state index contributed by atoms with van der Waals surface area (Å²) in [5.41, 5.74) is 1.13. The van der Waals surface area contributed by atoms with Crippen LogP contribution in [0.2, 0.25) is 5.02 Å². The van der Waals surface area contributed by atoms with E-state index in [1.807, 2.05) is 18.2 Å². The van der Waals surface area contributed by atoms with Gasteiger partial charge in [0.2, 0.25) is 5.91 Å². The maximum absolute atomic E-state index is 12.6. The van der Waals surface area contributed by atoms with Crippen LogP contribution in [0.5, 0.6) is 0 Å². The Kier molecular flexibility index (Phi) is 7.49. The molecule has 1 aliphatic rings. The number of methoxy groups -OCH3 is 1. The summed E-state index contributed by atoms with van der Waals surface area (Å²) in [5.74, 6) is 0.0714. The molecule has 0 aliphatic carbocycles. The third-order valence-corrected chi connectivity index (χ3v) is 4.39. The third kappa shape index (κ3) is 5.74. The van der Waals surface area contributed by atoms with E-state index >= 15 is 0 Å². The zero-order valence-electron chi connectivity index (χ0n) is 14.7. The van der Waals surface area contributed by atoms with Crippen LogP contribution in [-0.2, 0) is 16.1 Å². The average molecular weight is 354 g/mol. The maximum Gasteiger partial charge on any atom is 0.237 e. The molecule has 2 N–H and O–H groups in total. The van der Waals surface area contributed by atoms with E-state index < -0.39 is 0 Å². The van der Waals surface area contributed by atoms with E-state index in [0.29, 0.717) is 25.2 Å². The van der Waals surface area contributed by atoms with Crippen molar-refractivity contribution in [1.82, 2.24) is 15.5 Å². The molecule has 1 fully saturated rings. The normalized spacial score (nSPS) is 21.4. The third-order valence-electron chi connectivity index (χ3n) is 4.16. The van der Waals surface area contributed by atoms with Gasteiger partial charge in [0.05, 0.1) is 12.6 Å². The van der Waals surface area contributed by atoms with Gasteiger partial charge >= 0.3 is 0 Å². The smallest absolute Gasteiger partial charge is 0.237 e. The molecular formula is C18H28ClN3O2. The largest absolute Gasteiger partial charge is 0.383 e. The quantitative estimate of drug-likeness (QED) is 0.702. The van der Waals surface area contributed by atoms with Crippen molar-refractivity contribution in [1.29, 1.82) is 0 Å². The monoisotopic (exact) mass is 353 g/mol. The summed E-state index contributed by atoms with van der Waals surface area (Å²) in [5, 5.41) is 7.24. The first-order valence-electron chi connectivity index (χ1n) is 8.50. The number of halogens is 1. The van der Waals surface area contributed by atoms with Crippen molar-refractivity contribution >= 4 is 17.5 Å². The molecule has 0 radical (unpaired) electrons. The first-order valence-corrected chi connectivity index (χ1v) is 8.88. The lowest BCUT2D eigenvalue weighted by atomic mass is 10.1. The SMILES string of the molecule is COCCNC(=O)[C@@H]1C[C@H](NC(C)C)CN1Cc1cccc(Cl)c1. The molecule has 0 aromatic heterocycles. The van der Waals surface area contributed by atoms with E-state index in [1.54, 1.807) is 7.11 Å². The number of amides is 1. The van der Waals surface area contributed by atoms with Crippen molar-refractivity contribution in [2.24, 2.45) is 0 Å². The minimum absolute atomic E-state index is 0.0714. The van der Waals surface area contributed by atoms with Gasteiger partial charge in [-0.3, -0.25) is 9.69 Å². The summed E-state index contributed by atoms with van der Waals surface area (Å²) in [6, 6.07) is 8.43. The molecule has 1 heterocycles. The van der Waals surface area contributed by atoms with Crippen LogP contribution < -0.4 is 10.6 Å². The molecule has 5 nitrogen and oxygen atoms in total. The molecular weight excluding hydrogens is 326 g/mol. The minimum atomic E-state index is -0.128. The van der Waals surface area contributed by atoms with Gasteiger partial charge in [0.15, 0.2) is 0 Å². The Morgan fingerprint density at radius 2 is 2.25 bits per heavy atom. The summed E-state index contributed by atoms with van der Waals surface area (Å²) in [6.07, 6.45) is 0.817. The van der Waals surface area contributed by atoms with Gasteiger partial charge < -0.3 is 15.4 Å². The van der Waals surface area contributed by atoms with Gasteiger partial charge in [-0.2, -0.15) is 0 Å². The highest BCUT2D eigenvalue weighted by atomic mass is 35.5. The highest BCUT2D eigenvalue weighted by Crippen LogP contribution is 2.22. The molecule has 2 atom stereocenters. The number of nitrogens with one attached hydrogen (secondary N) is 2. The van der Waals surface area contributed by atoms with Gasteiger partial charge in [-0.15, -0.1) is 0 Å². The van der Waals surface area contributed by atoms with Crippen LogP contribution in [0.15, 0.2) is 24.3 Å². The number of hydrogen-bond donors (Lipinski definition) is 2. The van der Waals surface area contributed by atoms with E-state index in [9.17, 15) is 4.79 Å². The number of likely N-dealkylation sites (tertiary alicyclic amines) is 1. The molecule has 6 heteroatoms. The molecule has 1 aromatic carbocycles. The first kappa shape index (κ1) is 19.2. The molecule has 1 aliphatic heterocycles. The van der Waals surface area contributed by atoms with Crippen molar-refractivity contribution in [2.75, 3.05) is 26.8 Å². The van der Waals surface area contributed by atoms with Gasteiger partial charge in [-0.1, -0.05) is 37.6 Å². The fraction of sp³-hybridized carbons (Fsp3) is 0.611. The predicted octanol–water partition coefficient (Wildman–Crippen LogP) is 2.04. The Bertz CT molecular complexity index is 539. The predicted molar refractivity (Wildman–Crippen MR) is 97.2 cm³/mol. The molecule has 0 unspecified atom stereocenters. The Morgan fingerprint density at radius 3 is 2.92 bits per heavy atom. The number of rotatable bonds is 8. The molecule has 0 spiro atoms. The molecule has 1 saturated heterocycles.